The lowest BCUT2D eigenvalue weighted by atomic mass is 10.1. The fourth-order valence-corrected chi connectivity index (χ4v) is 1.10. The minimum Gasteiger partial charge on any atom is -0.508 e. The summed E-state index contributed by atoms with van der Waals surface area (Å²) in [4.78, 5) is 0. The predicted octanol–water partition coefficient (Wildman–Crippen LogP) is 0.815. The number of aliphatic hydroxyl groups excluding tert-OH is 1. The van der Waals surface area contributed by atoms with E-state index in [1.54, 1.807) is 6.07 Å². The molecule has 0 fully saturated rings. The number of hydrogen-bond donors (Lipinski definition) is 3. The van der Waals surface area contributed by atoms with Crippen LogP contribution in [0.25, 0.3) is 0 Å². The highest BCUT2D eigenvalue weighted by molar-refractivity contribution is 5.85. The molecule has 0 saturated carbocycles. The SMILES string of the molecule is COc1cc(O)ccc1[C@H](N)CO.Cl. The first kappa shape index (κ1) is 13.0. The normalized spacial score (nSPS) is 11.6. The Morgan fingerprint density at radius 1 is 1.50 bits per heavy atom. The van der Waals surface area contributed by atoms with Crippen LogP contribution in [0, 0.1) is 0 Å². The molecule has 0 aromatic heterocycles. The largest absolute Gasteiger partial charge is 0.508 e. The molecule has 0 bridgehead atoms. The van der Waals surface area contributed by atoms with Gasteiger partial charge in [-0.05, 0) is 12.1 Å². The van der Waals surface area contributed by atoms with Crippen LogP contribution in [0.15, 0.2) is 18.2 Å². The maximum absolute atomic E-state index is 9.14. The van der Waals surface area contributed by atoms with E-state index in [1.165, 1.54) is 19.2 Å². The van der Waals surface area contributed by atoms with Crippen LogP contribution in [0.4, 0.5) is 0 Å². The number of phenols is 1. The van der Waals surface area contributed by atoms with Crippen molar-refractivity contribution in [1.29, 1.82) is 0 Å². The van der Waals surface area contributed by atoms with Gasteiger partial charge in [0.1, 0.15) is 11.5 Å². The number of halogens is 1. The van der Waals surface area contributed by atoms with Crippen molar-refractivity contribution in [1.82, 2.24) is 0 Å². The molecular weight excluding hydrogens is 206 g/mol. The van der Waals surface area contributed by atoms with E-state index in [9.17, 15) is 0 Å². The lowest BCUT2D eigenvalue weighted by Crippen LogP contribution is -2.15. The van der Waals surface area contributed by atoms with Gasteiger partial charge in [-0.25, -0.2) is 0 Å². The molecule has 0 radical (unpaired) electrons. The summed E-state index contributed by atoms with van der Waals surface area (Å²) in [5.41, 5.74) is 6.29. The van der Waals surface area contributed by atoms with E-state index < -0.39 is 6.04 Å². The molecule has 80 valence electrons. The third-order valence-corrected chi connectivity index (χ3v) is 1.81. The molecule has 4 nitrogen and oxygen atoms in total. The Morgan fingerprint density at radius 3 is 2.64 bits per heavy atom. The lowest BCUT2D eigenvalue weighted by molar-refractivity contribution is 0.264. The third-order valence-electron chi connectivity index (χ3n) is 1.81. The first-order valence-corrected chi connectivity index (χ1v) is 3.92. The average Bonchev–Trinajstić information content (AvgIpc) is 2.16. The summed E-state index contributed by atoms with van der Waals surface area (Å²) in [5, 5.41) is 18.0. The van der Waals surface area contributed by atoms with E-state index in [-0.39, 0.29) is 24.8 Å². The number of methoxy groups -OCH3 is 1. The summed E-state index contributed by atoms with van der Waals surface area (Å²) < 4.78 is 5.00. The van der Waals surface area contributed by atoms with Crippen molar-refractivity contribution >= 4 is 12.4 Å². The highest BCUT2D eigenvalue weighted by atomic mass is 35.5. The zero-order valence-electron chi connectivity index (χ0n) is 7.80. The van der Waals surface area contributed by atoms with Gasteiger partial charge in [0.15, 0.2) is 0 Å². The Labute approximate surface area is 88.7 Å². The van der Waals surface area contributed by atoms with Crippen LogP contribution in [0.3, 0.4) is 0 Å². The first-order valence-electron chi connectivity index (χ1n) is 3.92. The summed E-state index contributed by atoms with van der Waals surface area (Å²) in [5.74, 6) is 0.604. The summed E-state index contributed by atoms with van der Waals surface area (Å²) >= 11 is 0. The molecule has 0 aliphatic heterocycles. The number of phenolic OH excluding ortho intramolecular Hbond substituents is 1. The predicted molar refractivity (Wildman–Crippen MR) is 55.9 cm³/mol. The van der Waals surface area contributed by atoms with Gasteiger partial charge in [-0.2, -0.15) is 0 Å². The molecule has 0 spiro atoms. The van der Waals surface area contributed by atoms with Crippen molar-refractivity contribution in [3.05, 3.63) is 23.8 Å². The number of rotatable bonds is 3. The van der Waals surface area contributed by atoms with Gasteiger partial charge in [0, 0.05) is 11.6 Å². The maximum Gasteiger partial charge on any atom is 0.127 e. The van der Waals surface area contributed by atoms with E-state index >= 15 is 0 Å². The van der Waals surface area contributed by atoms with Crippen molar-refractivity contribution in [3.8, 4) is 11.5 Å². The minimum absolute atomic E-state index is 0. The summed E-state index contributed by atoms with van der Waals surface area (Å²) in [7, 11) is 1.49. The Balaban J connectivity index is 0.00000169. The Morgan fingerprint density at radius 2 is 2.14 bits per heavy atom. The van der Waals surface area contributed by atoms with Crippen LogP contribution >= 0.6 is 12.4 Å². The number of aromatic hydroxyl groups is 1. The van der Waals surface area contributed by atoms with E-state index in [1.807, 2.05) is 0 Å². The van der Waals surface area contributed by atoms with Crippen LogP contribution in [0.5, 0.6) is 11.5 Å². The van der Waals surface area contributed by atoms with Crippen molar-refractivity contribution < 1.29 is 14.9 Å². The standard InChI is InChI=1S/C9H13NO3.ClH/c1-13-9-4-6(12)2-3-7(9)8(10)5-11;/h2-4,8,11-12H,5,10H2,1H3;1H/t8-;/m1./s1. The van der Waals surface area contributed by atoms with Crippen LogP contribution in [0.1, 0.15) is 11.6 Å². The van der Waals surface area contributed by atoms with E-state index in [0.717, 1.165) is 0 Å². The molecule has 0 aliphatic rings. The molecule has 0 saturated heterocycles. The average molecular weight is 220 g/mol. The topological polar surface area (TPSA) is 75.7 Å². The highest BCUT2D eigenvalue weighted by Crippen LogP contribution is 2.27. The second-order valence-electron chi connectivity index (χ2n) is 2.72. The molecule has 0 heterocycles. The number of aliphatic hydroxyl groups is 1. The monoisotopic (exact) mass is 219 g/mol. The molecule has 14 heavy (non-hydrogen) atoms. The molecule has 1 aromatic rings. The Kier molecular flexibility index (Phi) is 5.30. The van der Waals surface area contributed by atoms with E-state index in [4.69, 9.17) is 20.7 Å². The molecular formula is C9H14ClNO3. The quantitative estimate of drug-likeness (QED) is 0.704. The molecule has 0 aliphatic carbocycles. The Bertz CT molecular complexity index is 293. The zero-order chi connectivity index (χ0) is 9.84. The van der Waals surface area contributed by atoms with Crippen LogP contribution in [-0.4, -0.2) is 23.9 Å². The molecule has 1 aromatic carbocycles. The minimum atomic E-state index is -0.476. The molecule has 0 amide bonds. The molecule has 0 unspecified atom stereocenters. The third kappa shape index (κ3) is 2.77. The lowest BCUT2D eigenvalue weighted by Gasteiger charge is -2.13. The van der Waals surface area contributed by atoms with Crippen molar-refractivity contribution in [2.75, 3.05) is 13.7 Å². The van der Waals surface area contributed by atoms with Crippen LogP contribution in [-0.2, 0) is 0 Å². The van der Waals surface area contributed by atoms with E-state index in [2.05, 4.69) is 0 Å². The number of nitrogens with two attached hydrogens (primary N) is 1. The second kappa shape index (κ2) is 5.70. The number of ether oxygens (including phenoxy) is 1. The zero-order valence-corrected chi connectivity index (χ0v) is 8.62. The van der Waals surface area contributed by atoms with Crippen LogP contribution in [0.2, 0.25) is 0 Å². The van der Waals surface area contributed by atoms with Crippen molar-refractivity contribution in [3.63, 3.8) is 0 Å². The first-order chi connectivity index (χ1) is 6.19. The molecule has 1 rings (SSSR count). The maximum atomic E-state index is 9.14. The second-order valence-corrected chi connectivity index (χ2v) is 2.72. The van der Waals surface area contributed by atoms with Gasteiger partial charge < -0.3 is 20.7 Å². The van der Waals surface area contributed by atoms with Crippen molar-refractivity contribution in [2.24, 2.45) is 5.73 Å². The van der Waals surface area contributed by atoms with Gasteiger partial charge in [0.25, 0.3) is 0 Å². The Hall–Kier alpha value is -0.970. The molecule has 5 heteroatoms. The van der Waals surface area contributed by atoms with Gasteiger partial charge in [-0.15, -0.1) is 12.4 Å². The molecule has 4 N–H and O–H groups in total. The van der Waals surface area contributed by atoms with Gasteiger partial charge in [0.05, 0.1) is 19.8 Å². The van der Waals surface area contributed by atoms with Gasteiger partial charge in [-0.1, -0.05) is 0 Å². The number of hydrogen-bond acceptors (Lipinski definition) is 4. The fourth-order valence-electron chi connectivity index (χ4n) is 1.10. The van der Waals surface area contributed by atoms with Gasteiger partial charge >= 0.3 is 0 Å². The summed E-state index contributed by atoms with van der Waals surface area (Å²) in [6, 6.07) is 4.13. The van der Waals surface area contributed by atoms with Crippen LogP contribution < -0.4 is 10.5 Å². The van der Waals surface area contributed by atoms with Crippen molar-refractivity contribution in [2.45, 2.75) is 6.04 Å². The number of benzene rings is 1. The molecule has 1 atom stereocenters. The van der Waals surface area contributed by atoms with Gasteiger partial charge in [-0.3, -0.25) is 0 Å². The van der Waals surface area contributed by atoms with E-state index in [0.29, 0.717) is 11.3 Å². The fraction of sp³-hybridized carbons (Fsp3) is 0.333. The van der Waals surface area contributed by atoms with Gasteiger partial charge in [0.2, 0.25) is 0 Å². The smallest absolute Gasteiger partial charge is 0.127 e. The summed E-state index contributed by atoms with van der Waals surface area (Å²) in [6.45, 7) is -0.152. The summed E-state index contributed by atoms with van der Waals surface area (Å²) in [6.07, 6.45) is 0. The highest BCUT2D eigenvalue weighted by Gasteiger charge is 2.10.